The Morgan fingerprint density at radius 3 is 2.40 bits per heavy atom. The number of halogens is 1. The van der Waals surface area contributed by atoms with Gasteiger partial charge in [0.25, 0.3) is 0 Å². The minimum atomic E-state index is 0. The van der Waals surface area contributed by atoms with Gasteiger partial charge in [0.2, 0.25) is 5.91 Å². The van der Waals surface area contributed by atoms with Crippen LogP contribution < -0.4 is 5.32 Å². The van der Waals surface area contributed by atoms with E-state index in [4.69, 9.17) is 0 Å². The van der Waals surface area contributed by atoms with Gasteiger partial charge >= 0.3 is 0 Å². The fraction of sp³-hybridized carbons (Fsp3) is 0.938. The van der Waals surface area contributed by atoms with E-state index in [9.17, 15) is 4.79 Å². The van der Waals surface area contributed by atoms with E-state index in [0.29, 0.717) is 23.8 Å². The molecule has 0 aromatic heterocycles. The predicted molar refractivity (Wildman–Crippen MR) is 88.4 cm³/mol. The standard InChI is InChI=1S/C16H32N2O.ClH/c1-5-15(6-2)18(12-13(3)4)16(19)8-7-14-9-10-17-11-14;/h13-15,17H,5-12H2,1-4H3;1H. The van der Waals surface area contributed by atoms with E-state index < -0.39 is 0 Å². The summed E-state index contributed by atoms with van der Waals surface area (Å²) in [5.41, 5.74) is 0. The minimum Gasteiger partial charge on any atom is -0.339 e. The van der Waals surface area contributed by atoms with E-state index in [-0.39, 0.29) is 12.4 Å². The summed E-state index contributed by atoms with van der Waals surface area (Å²) in [6, 6.07) is 0.427. The predicted octanol–water partition coefficient (Wildman–Crippen LogP) is 3.47. The summed E-state index contributed by atoms with van der Waals surface area (Å²) in [6.45, 7) is 11.9. The van der Waals surface area contributed by atoms with Gasteiger partial charge in [-0.2, -0.15) is 0 Å². The maximum Gasteiger partial charge on any atom is 0.222 e. The number of nitrogens with one attached hydrogen (secondary N) is 1. The van der Waals surface area contributed by atoms with Crippen molar-refractivity contribution in [2.75, 3.05) is 19.6 Å². The van der Waals surface area contributed by atoms with Crippen molar-refractivity contribution < 1.29 is 4.79 Å². The first-order valence-electron chi connectivity index (χ1n) is 8.08. The highest BCUT2D eigenvalue weighted by Gasteiger charge is 2.23. The van der Waals surface area contributed by atoms with Crippen LogP contribution in [0, 0.1) is 11.8 Å². The Bertz CT molecular complexity index is 261. The number of hydrogen-bond donors (Lipinski definition) is 1. The van der Waals surface area contributed by atoms with Crippen LogP contribution in [0.15, 0.2) is 0 Å². The Morgan fingerprint density at radius 2 is 1.95 bits per heavy atom. The molecule has 1 saturated heterocycles. The molecular weight excluding hydrogens is 272 g/mol. The van der Waals surface area contributed by atoms with Crippen molar-refractivity contribution in [1.29, 1.82) is 0 Å². The molecule has 1 aliphatic rings. The van der Waals surface area contributed by atoms with Crippen molar-refractivity contribution in [1.82, 2.24) is 10.2 Å². The van der Waals surface area contributed by atoms with Crippen LogP contribution in [0.3, 0.4) is 0 Å². The summed E-state index contributed by atoms with van der Waals surface area (Å²) in [4.78, 5) is 14.6. The second-order valence-electron chi connectivity index (χ2n) is 6.31. The summed E-state index contributed by atoms with van der Waals surface area (Å²) < 4.78 is 0. The van der Waals surface area contributed by atoms with Crippen LogP contribution in [0.1, 0.15) is 59.8 Å². The average molecular weight is 305 g/mol. The van der Waals surface area contributed by atoms with Crippen LogP contribution >= 0.6 is 12.4 Å². The molecule has 0 aromatic rings. The number of hydrogen-bond acceptors (Lipinski definition) is 2. The molecule has 1 aliphatic heterocycles. The third-order valence-electron chi connectivity index (χ3n) is 4.19. The van der Waals surface area contributed by atoms with Crippen molar-refractivity contribution in [3.05, 3.63) is 0 Å². The third-order valence-corrected chi connectivity index (χ3v) is 4.19. The van der Waals surface area contributed by atoms with Crippen LogP contribution in [-0.2, 0) is 4.79 Å². The summed E-state index contributed by atoms with van der Waals surface area (Å²) in [5.74, 6) is 1.64. The number of carbonyl (C=O) groups excluding carboxylic acids is 1. The van der Waals surface area contributed by atoms with Gasteiger partial charge in [0, 0.05) is 19.0 Å². The molecule has 3 nitrogen and oxygen atoms in total. The van der Waals surface area contributed by atoms with Gasteiger partial charge in [-0.25, -0.2) is 0 Å². The molecule has 1 N–H and O–H groups in total. The Hall–Kier alpha value is -0.280. The first-order valence-corrected chi connectivity index (χ1v) is 8.08. The quantitative estimate of drug-likeness (QED) is 0.744. The van der Waals surface area contributed by atoms with E-state index in [1.54, 1.807) is 0 Å². The van der Waals surface area contributed by atoms with E-state index in [0.717, 1.165) is 45.3 Å². The lowest BCUT2D eigenvalue weighted by Crippen LogP contribution is -2.42. The molecule has 0 saturated carbocycles. The van der Waals surface area contributed by atoms with Crippen molar-refractivity contribution >= 4 is 18.3 Å². The van der Waals surface area contributed by atoms with E-state index in [2.05, 4.69) is 37.9 Å². The Balaban J connectivity index is 0.00000361. The van der Waals surface area contributed by atoms with Gasteiger partial charge in [-0.1, -0.05) is 27.7 Å². The maximum absolute atomic E-state index is 12.5. The fourth-order valence-corrected chi connectivity index (χ4v) is 3.01. The van der Waals surface area contributed by atoms with Gasteiger partial charge in [0.05, 0.1) is 0 Å². The Kier molecular flexibility index (Phi) is 10.3. The van der Waals surface area contributed by atoms with Crippen LogP contribution in [0.5, 0.6) is 0 Å². The molecule has 1 rings (SSSR count). The first-order chi connectivity index (χ1) is 9.08. The highest BCUT2D eigenvalue weighted by atomic mass is 35.5. The summed E-state index contributed by atoms with van der Waals surface area (Å²) >= 11 is 0. The SMILES string of the molecule is CCC(CC)N(CC(C)C)C(=O)CCC1CCNC1.Cl. The smallest absolute Gasteiger partial charge is 0.222 e. The first kappa shape index (κ1) is 19.7. The Labute approximate surface area is 131 Å². The van der Waals surface area contributed by atoms with Crippen molar-refractivity contribution in [2.24, 2.45) is 11.8 Å². The molecule has 120 valence electrons. The monoisotopic (exact) mass is 304 g/mol. The van der Waals surface area contributed by atoms with Crippen molar-refractivity contribution in [3.8, 4) is 0 Å². The summed E-state index contributed by atoms with van der Waals surface area (Å²) in [7, 11) is 0. The van der Waals surface area contributed by atoms with Gasteiger partial charge in [0.1, 0.15) is 0 Å². The molecule has 1 unspecified atom stereocenters. The van der Waals surface area contributed by atoms with Crippen molar-refractivity contribution in [2.45, 2.75) is 65.8 Å². The van der Waals surface area contributed by atoms with E-state index in [1.807, 2.05) is 0 Å². The van der Waals surface area contributed by atoms with Crippen LogP contribution in [0.2, 0.25) is 0 Å². The molecule has 0 spiro atoms. The molecule has 0 bridgehead atoms. The highest BCUT2D eigenvalue weighted by molar-refractivity contribution is 5.85. The molecule has 1 fully saturated rings. The number of carbonyl (C=O) groups is 1. The molecule has 20 heavy (non-hydrogen) atoms. The molecule has 1 atom stereocenters. The second kappa shape index (κ2) is 10.4. The fourth-order valence-electron chi connectivity index (χ4n) is 3.01. The van der Waals surface area contributed by atoms with Gasteiger partial charge in [-0.05, 0) is 50.6 Å². The lowest BCUT2D eigenvalue weighted by molar-refractivity contribution is -0.134. The van der Waals surface area contributed by atoms with Crippen molar-refractivity contribution in [3.63, 3.8) is 0 Å². The van der Waals surface area contributed by atoms with Gasteiger partial charge in [-0.3, -0.25) is 4.79 Å². The van der Waals surface area contributed by atoms with E-state index in [1.165, 1.54) is 6.42 Å². The van der Waals surface area contributed by atoms with Gasteiger partial charge in [0.15, 0.2) is 0 Å². The topological polar surface area (TPSA) is 32.3 Å². The molecule has 0 aromatic carbocycles. The largest absolute Gasteiger partial charge is 0.339 e. The van der Waals surface area contributed by atoms with Gasteiger partial charge < -0.3 is 10.2 Å². The maximum atomic E-state index is 12.5. The molecule has 1 amide bonds. The summed E-state index contributed by atoms with van der Waals surface area (Å²) in [5, 5.41) is 3.38. The number of amides is 1. The normalized spacial score (nSPS) is 18.4. The molecular formula is C16H33ClN2O. The number of rotatable bonds is 8. The second-order valence-corrected chi connectivity index (χ2v) is 6.31. The zero-order valence-electron chi connectivity index (χ0n) is 13.7. The minimum absolute atomic E-state index is 0. The van der Waals surface area contributed by atoms with E-state index >= 15 is 0 Å². The van der Waals surface area contributed by atoms with Crippen LogP contribution in [-0.4, -0.2) is 36.5 Å². The average Bonchev–Trinajstić information content (AvgIpc) is 2.88. The third kappa shape index (κ3) is 6.45. The molecule has 0 aliphatic carbocycles. The highest BCUT2D eigenvalue weighted by Crippen LogP contribution is 2.18. The Morgan fingerprint density at radius 1 is 1.30 bits per heavy atom. The number of nitrogens with zero attached hydrogens (tertiary/aromatic N) is 1. The van der Waals surface area contributed by atoms with Crippen LogP contribution in [0.25, 0.3) is 0 Å². The zero-order valence-corrected chi connectivity index (χ0v) is 14.5. The zero-order chi connectivity index (χ0) is 14.3. The molecule has 1 heterocycles. The summed E-state index contributed by atoms with van der Waals surface area (Å²) in [6.07, 6.45) is 5.17. The lowest BCUT2D eigenvalue weighted by atomic mass is 10.0. The molecule has 0 radical (unpaired) electrons. The van der Waals surface area contributed by atoms with Crippen LogP contribution in [0.4, 0.5) is 0 Å². The molecule has 4 heteroatoms. The van der Waals surface area contributed by atoms with Gasteiger partial charge in [-0.15, -0.1) is 12.4 Å². The lowest BCUT2D eigenvalue weighted by Gasteiger charge is -2.32.